The fourth-order valence-corrected chi connectivity index (χ4v) is 2.88. The Morgan fingerprint density at radius 1 is 1.27 bits per heavy atom. The van der Waals surface area contributed by atoms with Gasteiger partial charge in [-0.25, -0.2) is 0 Å². The molecule has 0 aliphatic heterocycles. The number of furan rings is 1. The average Bonchev–Trinajstić information content (AvgIpc) is 3.36. The minimum atomic E-state index is -0.293. The van der Waals surface area contributed by atoms with Crippen LogP contribution in [0.3, 0.4) is 0 Å². The SMILES string of the molecule is O=C(Nc1cccc(Cn2cc(Br)cn2)c1)c1cc(-c2ccco2)[nH]n1. The standard InChI is InChI=1S/C18H14BrN5O2/c19-13-9-20-24(11-13)10-12-3-1-4-14(7-12)21-18(25)16-8-15(22-23-16)17-5-2-6-26-17/h1-9,11H,10H2,(H,21,25)(H,22,23). The number of hydrogen-bond donors (Lipinski definition) is 2. The highest BCUT2D eigenvalue weighted by Crippen LogP contribution is 2.19. The molecule has 3 heterocycles. The van der Waals surface area contributed by atoms with Gasteiger partial charge in [0, 0.05) is 18.0 Å². The van der Waals surface area contributed by atoms with Crippen molar-refractivity contribution in [1.29, 1.82) is 0 Å². The van der Waals surface area contributed by atoms with Crippen molar-refractivity contribution in [3.8, 4) is 11.5 Å². The predicted molar refractivity (Wildman–Crippen MR) is 99.7 cm³/mol. The van der Waals surface area contributed by atoms with Crippen LogP contribution in [0.4, 0.5) is 5.69 Å². The number of benzene rings is 1. The minimum Gasteiger partial charge on any atom is -0.463 e. The van der Waals surface area contributed by atoms with E-state index < -0.39 is 0 Å². The minimum absolute atomic E-state index is 0.290. The van der Waals surface area contributed by atoms with Crippen LogP contribution in [0, 0.1) is 0 Å². The summed E-state index contributed by atoms with van der Waals surface area (Å²) in [7, 11) is 0. The lowest BCUT2D eigenvalue weighted by atomic mass is 10.2. The maximum Gasteiger partial charge on any atom is 0.276 e. The third kappa shape index (κ3) is 3.60. The Morgan fingerprint density at radius 2 is 2.19 bits per heavy atom. The molecule has 3 aromatic heterocycles. The van der Waals surface area contributed by atoms with Crippen molar-refractivity contribution in [2.24, 2.45) is 0 Å². The number of hydrogen-bond acceptors (Lipinski definition) is 4. The summed E-state index contributed by atoms with van der Waals surface area (Å²) in [6, 6.07) is 12.8. The van der Waals surface area contributed by atoms with Gasteiger partial charge in [0.15, 0.2) is 11.5 Å². The maximum atomic E-state index is 12.4. The maximum absolute atomic E-state index is 12.4. The molecule has 130 valence electrons. The Bertz CT molecular complexity index is 1040. The summed E-state index contributed by atoms with van der Waals surface area (Å²) in [5.41, 5.74) is 2.66. The Hall–Kier alpha value is -3.13. The number of aromatic amines is 1. The molecule has 0 bridgehead atoms. The van der Waals surface area contributed by atoms with Gasteiger partial charge in [0.2, 0.25) is 0 Å². The van der Waals surface area contributed by atoms with E-state index in [2.05, 4.69) is 36.5 Å². The third-order valence-electron chi connectivity index (χ3n) is 3.73. The second-order valence-corrected chi connectivity index (χ2v) is 6.57. The van der Waals surface area contributed by atoms with Gasteiger partial charge in [0.05, 0.1) is 23.5 Å². The predicted octanol–water partition coefficient (Wildman–Crippen LogP) is 3.93. The molecule has 0 atom stereocenters. The van der Waals surface area contributed by atoms with E-state index in [9.17, 15) is 4.79 Å². The van der Waals surface area contributed by atoms with Crippen LogP contribution in [0.25, 0.3) is 11.5 Å². The van der Waals surface area contributed by atoms with E-state index in [1.54, 1.807) is 30.7 Å². The van der Waals surface area contributed by atoms with Crippen molar-refractivity contribution >= 4 is 27.5 Å². The van der Waals surface area contributed by atoms with Gasteiger partial charge in [-0.2, -0.15) is 10.2 Å². The number of anilines is 1. The third-order valence-corrected chi connectivity index (χ3v) is 4.14. The molecule has 0 radical (unpaired) electrons. The molecule has 0 fully saturated rings. The average molecular weight is 412 g/mol. The van der Waals surface area contributed by atoms with E-state index in [4.69, 9.17) is 4.42 Å². The molecular formula is C18H14BrN5O2. The molecule has 0 saturated carbocycles. The fraction of sp³-hybridized carbons (Fsp3) is 0.0556. The number of amides is 1. The summed E-state index contributed by atoms with van der Waals surface area (Å²) in [6.07, 6.45) is 5.20. The van der Waals surface area contributed by atoms with Gasteiger partial charge >= 0.3 is 0 Å². The van der Waals surface area contributed by atoms with Crippen LogP contribution in [-0.4, -0.2) is 25.9 Å². The lowest BCUT2D eigenvalue weighted by molar-refractivity contribution is 0.102. The molecule has 2 N–H and O–H groups in total. The number of carbonyl (C=O) groups is 1. The topological polar surface area (TPSA) is 88.7 Å². The molecular weight excluding hydrogens is 398 g/mol. The number of aromatic nitrogens is 4. The van der Waals surface area contributed by atoms with Crippen LogP contribution in [0.15, 0.2) is 70.0 Å². The van der Waals surface area contributed by atoms with Crippen molar-refractivity contribution in [2.45, 2.75) is 6.54 Å². The Labute approximate surface area is 157 Å². The van der Waals surface area contributed by atoms with Crippen molar-refractivity contribution in [3.05, 3.63) is 76.9 Å². The van der Waals surface area contributed by atoms with Gasteiger partial charge in [-0.3, -0.25) is 14.6 Å². The summed E-state index contributed by atoms with van der Waals surface area (Å²) in [4.78, 5) is 12.4. The summed E-state index contributed by atoms with van der Waals surface area (Å²) in [5.74, 6) is 0.335. The number of rotatable bonds is 5. The van der Waals surface area contributed by atoms with E-state index in [0.717, 1.165) is 10.0 Å². The Kier molecular flexibility index (Phi) is 4.40. The first-order valence-electron chi connectivity index (χ1n) is 7.85. The van der Waals surface area contributed by atoms with E-state index in [-0.39, 0.29) is 11.6 Å². The summed E-state index contributed by atoms with van der Waals surface area (Å²) in [5, 5.41) is 13.9. The van der Waals surface area contributed by atoms with E-state index in [1.165, 1.54) is 0 Å². The highest BCUT2D eigenvalue weighted by Gasteiger charge is 2.13. The van der Waals surface area contributed by atoms with Gasteiger partial charge in [0.1, 0.15) is 5.69 Å². The zero-order valence-corrected chi connectivity index (χ0v) is 15.1. The number of H-pyrrole nitrogens is 1. The molecule has 0 spiro atoms. The molecule has 0 aliphatic rings. The summed E-state index contributed by atoms with van der Waals surface area (Å²) >= 11 is 3.38. The lowest BCUT2D eigenvalue weighted by Gasteiger charge is -2.06. The smallest absolute Gasteiger partial charge is 0.276 e. The molecule has 26 heavy (non-hydrogen) atoms. The van der Waals surface area contributed by atoms with Crippen LogP contribution in [0.2, 0.25) is 0 Å². The molecule has 8 heteroatoms. The van der Waals surface area contributed by atoms with Crippen molar-refractivity contribution < 1.29 is 9.21 Å². The molecule has 1 aromatic carbocycles. The molecule has 1 amide bonds. The van der Waals surface area contributed by atoms with E-state index >= 15 is 0 Å². The molecule has 0 aliphatic carbocycles. The number of carbonyl (C=O) groups excluding carboxylic acids is 1. The fourth-order valence-electron chi connectivity index (χ4n) is 2.55. The van der Waals surface area contributed by atoms with Crippen LogP contribution in [-0.2, 0) is 6.54 Å². The molecule has 0 unspecified atom stereocenters. The van der Waals surface area contributed by atoms with Gasteiger partial charge in [-0.05, 0) is 45.8 Å². The van der Waals surface area contributed by atoms with Crippen molar-refractivity contribution in [1.82, 2.24) is 20.0 Å². The molecule has 4 rings (SSSR count). The van der Waals surface area contributed by atoms with Crippen molar-refractivity contribution in [3.63, 3.8) is 0 Å². The van der Waals surface area contributed by atoms with E-state index in [0.29, 0.717) is 23.7 Å². The number of nitrogens with one attached hydrogen (secondary N) is 2. The lowest BCUT2D eigenvalue weighted by Crippen LogP contribution is -2.12. The normalized spacial score (nSPS) is 10.8. The quantitative estimate of drug-likeness (QED) is 0.520. The highest BCUT2D eigenvalue weighted by atomic mass is 79.9. The first-order chi connectivity index (χ1) is 12.7. The zero-order valence-electron chi connectivity index (χ0n) is 13.5. The number of halogens is 1. The Morgan fingerprint density at radius 3 is 2.96 bits per heavy atom. The second-order valence-electron chi connectivity index (χ2n) is 5.65. The van der Waals surface area contributed by atoms with Crippen molar-refractivity contribution in [2.75, 3.05) is 5.32 Å². The summed E-state index contributed by atoms with van der Waals surface area (Å²) in [6.45, 7) is 0.611. The Balaban J connectivity index is 1.47. The highest BCUT2D eigenvalue weighted by molar-refractivity contribution is 9.10. The monoisotopic (exact) mass is 411 g/mol. The van der Waals surface area contributed by atoms with Gasteiger partial charge < -0.3 is 9.73 Å². The molecule has 7 nitrogen and oxygen atoms in total. The van der Waals surface area contributed by atoms with Gasteiger partial charge in [-0.15, -0.1) is 0 Å². The van der Waals surface area contributed by atoms with Crippen LogP contribution < -0.4 is 5.32 Å². The molecule has 0 saturated heterocycles. The van der Waals surface area contributed by atoms with E-state index in [1.807, 2.05) is 35.1 Å². The zero-order chi connectivity index (χ0) is 17.9. The second kappa shape index (κ2) is 7.01. The largest absolute Gasteiger partial charge is 0.463 e. The van der Waals surface area contributed by atoms with Crippen LogP contribution in [0.5, 0.6) is 0 Å². The van der Waals surface area contributed by atoms with Crippen LogP contribution >= 0.6 is 15.9 Å². The first kappa shape index (κ1) is 16.3. The van der Waals surface area contributed by atoms with Gasteiger partial charge in [0.25, 0.3) is 5.91 Å². The summed E-state index contributed by atoms with van der Waals surface area (Å²) < 4.78 is 8.03. The first-order valence-corrected chi connectivity index (χ1v) is 8.64. The van der Waals surface area contributed by atoms with Crippen LogP contribution in [0.1, 0.15) is 16.1 Å². The molecule has 4 aromatic rings. The van der Waals surface area contributed by atoms with Gasteiger partial charge in [-0.1, -0.05) is 12.1 Å². The number of nitrogens with zero attached hydrogens (tertiary/aromatic N) is 3.